The van der Waals surface area contributed by atoms with Gasteiger partial charge in [-0.1, -0.05) is 0 Å². The van der Waals surface area contributed by atoms with Gasteiger partial charge in [-0.3, -0.25) is 4.99 Å². The summed E-state index contributed by atoms with van der Waals surface area (Å²) < 4.78 is 4.90. The number of methoxy groups -OCH3 is 1. The van der Waals surface area contributed by atoms with E-state index in [4.69, 9.17) is 4.74 Å². The first kappa shape index (κ1) is 8.33. The lowest BCUT2D eigenvalue weighted by molar-refractivity contribution is 0.203. The molecule has 0 radical (unpaired) electrons. The zero-order chi connectivity index (χ0) is 8.10. The van der Waals surface area contributed by atoms with Gasteiger partial charge in [-0.15, -0.1) is 0 Å². The molecule has 0 aromatic rings. The van der Waals surface area contributed by atoms with E-state index < -0.39 is 0 Å². The van der Waals surface area contributed by atoms with Gasteiger partial charge in [0.15, 0.2) is 5.96 Å². The molecule has 0 aromatic carbocycles. The smallest absolute Gasteiger partial charge is 0.193 e. The summed E-state index contributed by atoms with van der Waals surface area (Å²) in [4.78, 5) is 6.37. The molecule has 0 saturated heterocycles. The number of ether oxygens (including phenoxy) is 1. The van der Waals surface area contributed by atoms with Gasteiger partial charge in [0.2, 0.25) is 0 Å². The predicted molar refractivity (Wildman–Crippen MR) is 44.8 cm³/mol. The molecule has 0 saturated carbocycles. The van der Waals surface area contributed by atoms with E-state index in [-0.39, 0.29) is 0 Å². The molecular weight excluding hydrogens is 142 g/mol. The van der Waals surface area contributed by atoms with Crippen LogP contribution in [0.3, 0.4) is 0 Å². The van der Waals surface area contributed by atoms with Crippen molar-refractivity contribution in [3.8, 4) is 0 Å². The van der Waals surface area contributed by atoms with E-state index >= 15 is 0 Å². The molecule has 1 N–H and O–H groups in total. The number of likely N-dealkylation sites (N-methyl/N-ethyl adjacent to an activating group) is 1. The third-order valence-corrected chi connectivity index (χ3v) is 1.65. The van der Waals surface area contributed by atoms with E-state index in [1.165, 1.54) is 0 Å². The minimum atomic E-state index is 0.729. The summed E-state index contributed by atoms with van der Waals surface area (Å²) in [7, 11) is 3.73. The second-order valence-electron chi connectivity index (χ2n) is 2.55. The van der Waals surface area contributed by atoms with Crippen LogP contribution in [0.25, 0.3) is 0 Å². The monoisotopic (exact) mass is 157 g/mol. The zero-order valence-corrected chi connectivity index (χ0v) is 7.13. The molecule has 1 rings (SSSR count). The number of rotatable bonds is 3. The summed E-state index contributed by atoms with van der Waals surface area (Å²) in [6.07, 6.45) is 0. The average Bonchev–Trinajstić information content (AvgIpc) is 2.37. The minimum absolute atomic E-state index is 0.729. The van der Waals surface area contributed by atoms with Gasteiger partial charge in [0.25, 0.3) is 0 Å². The third kappa shape index (κ3) is 2.38. The normalized spacial score (nSPS) is 16.9. The van der Waals surface area contributed by atoms with E-state index in [1.807, 2.05) is 7.05 Å². The highest BCUT2D eigenvalue weighted by Gasteiger charge is 2.10. The SMILES string of the molecule is COCCNC1=NCCN1C. The van der Waals surface area contributed by atoms with Crippen molar-refractivity contribution < 1.29 is 4.74 Å². The molecule has 0 bridgehead atoms. The van der Waals surface area contributed by atoms with E-state index in [2.05, 4.69) is 15.2 Å². The van der Waals surface area contributed by atoms with Crippen molar-refractivity contribution in [2.75, 3.05) is 40.4 Å². The number of aliphatic imine (C=N–C) groups is 1. The molecule has 1 heterocycles. The summed E-state index contributed by atoms with van der Waals surface area (Å²) >= 11 is 0. The molecule has 0 unspecified atom stereocenters. The van der Waals surface area contributed by atoms with Crippen molar-refractivity contribution in [2.45, 2.75) is 0 Å². The fraction of sp³-hybridized carbons (Fsp3) is 0.857. The van der Waals surface area contributed by atoms with Crippen LogP contribution >= 0.6 is 0 Å². The number of guanidine groups is 1. The maximum Gasteiger partial charge on any atom is 0.193 e. The molecule has 4 nitrogen and oxygen atoms in total. The Morgan fingerprint density at radius 1 is 1.73 bits per heavy atom. The molecule has 0 spiro atoms. The van der Waals surface area contributed by atoms with Crippen molar-refractivity contribution in [1.29, 1.82) is 0 Å². The maximum atomic E-state index is 4.90. The van der Waals surface area contributed by atoms with Crippen molar-refractivity contribution in [1.82, 2.24) is 10.2 Å². The molecule has 0 aliphatic carbocycles. The summed E-state index contributed by atoms with van der Waals surface area (Å²) in [6.45, 7) is 3.49. The van der Waals surface area contributed by atoms with Crippen LogP contribution in [0.15, 0.2) is 4.99 Å². The average molecular weight is 157 g/mol. The molecule has 1 aliphatic rings. The lowest BCUT2D eigenvalue weighted by atomic mass is 10.6. The lowest BCUT2D eigenvalue weighted by Crippen LogP contribution is -2.37. The second kappa shape index (κ2) is 4.18. The molecule has 4 heteroatoms. The Hall–Kier alpha value is -0.770. The van der Waals surface area contributed by atoms with E-state index in [1.54, 1.807) is 7.11 Å². The van der Waals surface area contributed by atoms with Crippen molar-refractivity contribution >= 4 is 5.96 Å². The lowest BCUT2D eigenvalue weighted by Gasteiger charge is -2.14. The topological polar surface area (TPSA) is 36.9 Å². The number of hydrogen-bond donors (Lipinski definition) is 1. The molecule has 0 atom stereocenters. The fourth-order valence-electron chi connectivity index (χ4n) is 0.988. The van der Waals surface area contributed by atoms with Gasteiger partial charge in [0, 0.05) is 27.2 Å². The predicted octanol–water partition coefficient (Wildman–Crippen LogP) is -0.476. The second-order valence-corrected chi connectivity index (χ2v) is 2.55. The Morgan fingerprint density at radius 2 is 2.55 bits per heavy atom. The van der Waals surface area contributed by atoms with Gasteiger partial charge < -0.3 is 15.0 Å². The zero-order valence-electron chi connectivity index (χ0n) is 7.13. The summed E-state index contributed by atoms with van der Waals surface area (Å²) in [5, 5.41) is 3.18. The van der Waals surface area contributed by atoms with Gasteiger partial charge in [-0.25, -0.2) is 0 Å². The molecule has 1 aliphatic heterocycles. The molecule has 0 fully saturated rings. The van der Waals surface area contributed by atoms with Gasteiger partial charge >= 0.3 is 0 Å². The van der Waals surface area contributed by atoms with Crippen molar-refractivity contribution in [3.63, 3.8) is 0 Å². The fourth-order valence-corrected chi connectivity index (χ4v) is 0.988. The standard InChI is InChI=1S/C7H15N3O/c1-10-5-3-8-7(10)9-4-6-11-2/h3-6H2,1-2H3,(H,8,9). The Kier molecular flexibility index (Phi) is 3.16. The van der Waals surface area contributed by atoms with E-state index in [0.717, 1.165) is 32.2 Å². The van der Waals surface area contributed by atoms with Crippen molar-refractivity contribution in [3.05, 3.63) is 0 Å². The molecule has 64 valence electrons. The highest BCUT2D eigenvalue weighted by Crippen LogP contribution is 1.93. The van der Waals surface area contributed by atoms with Crippen LogP contribution in [0.5, 0.6) is 0 Å². The first-order valence-electron chi connectivity index (χ1n) is 3.83. The largest absolute Gasteiger partial charge is 0.383 e. The molecular formula is C7H15N3O. The molecule has 0 amide bonds. The number of nitrogens with zero attached hydrogens (tertiary/aromatic N) is 2. The maximum absolute atomic E-state index is 4.90. The molecule has 0 aromatic heterocycles. The first-order chi connectivity index (χ1) is 5.34. The Bertz CT molecular complexity index is 147. The van der Waals surface area contributed by atoms with Gasteiger partial charge in [0.1, 0.15) is 0 Å². The summed E-state index contributed by atoms with van der Waals surface area (Å²) in [5.41, 5.74) is 0. The molecule has 11 heavy (non-hydrogen) atoms. The van der Waals surface area contributed by atoms with Crippen LogP contribution in [0.4, 0.5) is 0 Å². The van der Waals surface area contributed by atoms with Crippen molar-refractivity contribution in [2.24, 2.45) is 4.99 Å². The van der Waals surface area contributed by atoms with E-state index in [9.17, 15) is 0 Å². The quantitative estimate of drug-likeness (QED) is 0.562. The summed E-state index contributed by atoms with van der Waals surface area (Å²) in [5.74, 6) is 0.988. The Morgan fingerprint density at radius 3 is 3.09 bits per heavy atom. The summed E-state index contributed by atoms with van der Waals surface area (Å²) in [6, 6.07) is 0. The Labute approximate surface area is 67.2 Å². The number of nitrogens with one attached hydrogen (secondary N) is 1. The highest BCUT2D eigenvalue weighted by atomic mass is 16.5. The number of hydrogen-bond acceptors (Lipinski definition) is 4. The minimum Gasteiger partial charge on any atom is -0.383 e. The van der Waals surface area contributed by atoms with Crippen LogP contribution in [0.1, 0.15) is 0 Å². The third-order valence-electron chi connectivity index (χ3n) is 1.65. The Balaban J connectivity index is 2.15. The van der Waals surface area contributed by atoms with Gasteiger partial charge in [0.05, 0.1) is 13.2 Å². The first-order valence-corrected chi connectivity index (χ1v) is 3.83. The van der Waals surface area contributed by atoms with Gasteiger partial charge in [-0.05, 0) is 0 Å². The van der Waals surface area contributed by atoms with Crippen LogP contribution in [-0.4, -0.2) is 51.3 Å². The van der Waals surface area contributed by atoms with Crippen LogP contribution in [-0.2, 0) is 4.74 Å². The van der Waals surface area contributed by atoms with Crippen LogP contribution in [0.2, 0.25) is 0 Å². The van der Waals surface area contributed by atoms with Gasteiger partial charge in [-0.2, -0.15) is 0 Å². The van der Waals surface area contributed by atoms with E-state index in [0.29, 0.717) is 0 Å². The van der Waals surface area contributed by atoms with Crippen LogP contribution in [0, 0.1) is 0 Å². The highest BCUT2D eigenvalue weighted by molar-refractivity contribution is 5.81. The van der Waals surface area contributed by atoms with Crippen LogP contribution < -0.4 is 5.32 Å².